The number of thioether (sulfide) groups is 1. The van der Waals surface area contributed by atoms with E-state index in [0.29, 0.717) is 23.9 Å². The Bertz CT molecular complexity index is 943. The van der Waals surface area contributed by atoms with E-state index in [1.807, 2.05) is 42.1 Å². The summed E-state index contributed by atoms with van der Waals surface area (Å²) < 4.78 is 19.1. The number of carbonyl (C=O) groups excluding carboxylic acids is 1. The van der Waals surface area contributed by atoms with Crippen molar-refractivity contribution in [2.75, 3.05) is 29.5 Å². The van der Waals surface area contributed by atoms with Crippen LogP contribution in [0, 0.1) is 5.82 Å². The van der Waals surface area contributed by atoms with Gasteiger partial charge in [-0.2, -0.15) is 11.8 Å². The van der Waals surface area contributed by atoms with Gasteiger partial charge in [0.15, 0.2) is 0 Å². The van der Waals surface area contributed by atoms with Crippen LogP contribution in [0.15, 0.2) is 59.0 Å². The van der Waals surface area contributed by atoms with Crippen LogP contribution >= 0.6 is 11.8 Å². The Kier molecular flexibility index (Phi) is 6.09. The van der Waals surface area contributed by atoms with Gasteiger partial charge in [0.1, 0.15) is 11.9 Å². The highest BCUT2D eigenvalue weighted by molar-refractivity contribution is 7.99. The zero-order valence-electron chi connectivity index (χ0n) is 15.8. The second-order valence-corrected chi connectivity index (χ2v) is 7.97. The summed E-state index contributed by atoms with van der Waals surface area (Å²) in [5, 5.41) is 11.4. The van der Waals surface area contributed by atoms with E-state index < -0.39 is 6.04 Å². The maximum absolute atomic E-state index is 13.2. The molecule has 0 bridgehead atoms. The van der Waals surface area contributed by atoms with Crippen molar-refractivity contribution in [1.82, 2.24) is 15.5 Å². The van der Waals surface area contributed by atoms with E-state index >= 15 is 0 Å². The molecular formula is C21H21FN4O2S. The van der Waals surface area contributed by atoms with E-state index in [0.717, 1.165) is 30.2 Å². The Balaban J connectivity index is 1.55. The fourth-order valence-corrected chi connectivity index (χ4v) is 4.05. The first-order valence-corrected chi connectivity index (χ1v) is 10.6. The SMILES string of the molecule is O=C(N[C@@H](Cc1ccccc1)c1nnc(N2CCSCC2)o1)c1ccc(F)cc1. The summed E-state index contributed by atoms with van der Waals surface area (Å²) >= 11 is 1.90. The molecule has 1 amide bonds. The molecular weight excluding hydrogens is 391 g/mol. The summed E-state index contributed by atoms with van der Waals surface area (Å²) in [7, 11) is 0. The van der Waals surface area contributed by atoms with Gasteiger partial charge in [0.25, 0.3) is 5.91 Å². The highest BCUT2D eigenvalue weighted by Crippen LogP contribution is 2.23. The third kappa shape index (κ3) is 4.95. The Labute approximate surface area is 172 Å². The Morgan fingerprint density at radius 3 is 2.55 bits per heavy atom. The van der Waals surface area contributed by atoms with Crippen LogP contribution in [0.25, 0.3) is 0 Å². The van der Waals surface area contributed by atoms with Crippen molar-refractivity contribution in [3.05, 3.63) is 77.4 Å². The fraction of sp³-hybridized carbons (Fsp3) is 0.286. The molecule has 1 atom stereocenters. The third-order valence-electron chi connectivity index (χ3n) is 4.70. The molecule has 0 radical (unpaired) electrons. The molecule has 1 saturated heterocycles. The average molecular weight is 412 g/mol. The van der Waals surface area contributed by atoms with E-state index in [1.54, 1.807) is 0 Å². The van der Waals surface area contributed by atoms with Crippen LogP contribution in [-0.2, 0) is 6.42 Å². The van der Waals surface area contributed by atoms with Gasteiger partial charge >= 0.3 is 6.01 Å². The number of hydrogen-bond acceptors (Lipinski definition) is 6. The molecule has 1 aromatic heterocycles. The van der Waals surface area contributed by atoms with Gasteiger partial charge < -0.3 is 14.6 Å². The standard InChI is InChI=1S/C21H21FN4O2S/c22-17-8-6-16(7-9-17)19(27)23-18(14-15-4-2-1-3-5-15)20-24-25-21(28-20)26-10-12-29-13-11-26/h1-9,18H,10-14H2,(H,23,27)/t18-/m0/s1. The first-order valence-electron chi connectivity index (χ1n) is 9.45. The Morgan fingerprint density at radius 1 is 1.10 bits per heavy atom. The monoisotopic (exact) mass is 412 g/mol. The number of nitrogens with zero attached hydrogens (tertiary/aromatic N) is 3. The zero-order valence-corrected chi connectivity index (χ0v) is 16.6. The van der Waals surface area contributed by atoms with Crippen molar-refractivity contribution >= 4 is 23.7 Å². The molecule has 4 rings (SSSR count). The van der Waals surface area contributed by atoms with E-state index in [9.17, 15) is 9.18 Å². The molecule has 0 aliphatic carbocycles. The summed E-state index contributed by atoms with van der Waals surface area (Å²) in [6.07, 6.45) is 0.505. The zero-order chi connectivity index (χ0) is 20.1. The number of carbonyl (C=O) groups is 1. The van der Waals surface area contributed by atoms with Crippen molar-refractivity contribution in [2.45, 2.75) is 12.5 Å². The third-order valence-corrected chi connectivity index (χ3v) is 5.65. The second kappa shape index (κ2) is 9.09. The summed E-state index contributed by atoms with van der Waals surface area (Å²) in [5.74, 6) is 1.69. The van der Waals surface area contributed by atoms with E-state index in [4.69, 9.17) is 4.42 Å². The van der Waals surface area contributed by atoms with Gasteiger partial charge in [-0.1, -0.05) is 35.4 Å². The summed E-state index contributed by atoms with van der Waals surface area (Å²) in [4.78, 5) is 14.8. The molecule has 0 unspecified atom stereocenters. The van der Waals surface area contributed by atoms with Crippen molar-refractivity contribution in [3.63, 3.8) is 0 Å². The van der Waals surface area contributed by atoms with Crippen molar-refractivity contribution in [1.29, 1.82) is 0 Å². The predicted molar refractivity (Wildman–Crippen MR) is 111 cm³/mol. The number of halogens is 1. The molecule has 1 N–H and O–H groups in total. The molecule has 2 aromatic carbocycles. The smallest absolute Gasteiger partial charge is 0.318 e. The predicted octanol–water partition coefficient (Wildman–Crippen LogP) is 3.48. The maximum atomic E-state index is 13.2. The molecule has 150 valence electrons. The minimum Gasteiger partial charge on any atom is -0.406 e. The van der Waals surface area contributed by atoms with Crippen LogP contribution in [0.1, 0.15) is 27.9 Å². The van der Waals surface area contributed by atoms with Gasteiger partial charge in [-0.25, -0.2) is 4.39 Å². The maximum Gasteiger partial charge on any atom is 0.318 e. The van der Waals surface area contributed by atoms with Crippen molar-refractivity contribution < 1.29 is 13.6 Å². The minimum absolute atomic E-state index is 0.319. The van der Waals surface area contributed by atoms with Gasteiger partial charge in [-0.3, -0.25) is 4.79 Å². The number of aromatic nitrogens is 2. The number of amides is 1. The number of anilines is 1. The number of benzene rings is 2. The van der Waals surface area contributed by atoms with Crippen LogP contribution in [0.3, 0.4) is 0 Å². The normalized spacial score (nSPS) is 15.1. The molecule has 8 heteroatoms. The average Bonchev–Trinajstić information content (AvgIpc) is 3.25. The lowest BCUT2D eigenvalue weighted by Gasteiger charge is -2.24. The highest BCUT2D eigenvalue weighted by Gasteiger charge is 2.24. The molecule has 6 nitrogen and oxygen atoms in total. The number of nitrogens with one attached hydrogen (secondary N) is 1. The lowest BCUT2D eigenvalue weighted by atomic mass is 10.1. The van der Waals surface area contributed by atoms with Gasteiger partial charge in [-0.15, -0.1) is 5.10 Å². The van der Waals surface area contributed by atoms with Gasteiger partial charge in [-0.05, 0) is 29.8 Å². The minimum atomic E-state index is -0.490. The second-order valence-electron chi connectivity index (χ2n) is 6.74. The summed E-state index contributed by atoms with van der Waals surface area (Å²) in [5.41, 5.74) is 1.41. The summed E-state index contributed by atoms with van der Waals surface area (Å²) in [6, 6.07) is 15.2. The molecule has 0 spiro atoms. The molecule has 1 fully saturated rings. The van der Waals surface area contributed by atoms with E-state index in [2.05, 4.69) is 20.4 Å². The van der Waals surface area contributed by atoms with Gasteiger partial charge in [0.2, 0.25) is 5.89 Å². The highest BCUT2D eigenvalue weighted by atomic mass is 32.2. The van der Waals surface area contributed by atoms with E-state index in [-0.39, 0.29) is 11.7 Å². The lowest BCUT2D eigenvalue weighted by molar-refractivity contribution is 0.0930. The lowest BCUT2D eigenvalue weighted by Crippen LogP contribution is -2.32. The molecule has 3 aromatic rings. The van der Waals surface area contributed by atoms with Crippen LogP contribution < -0.4 is 10.2 Å². The van der Waals surface area contributed by atoms with Crippen LogP contribution in [0.5, 0.6) is 0 Å². The number of hydrogen-bond donors (Lipinski definition) is 1. The van der Waals surface area contributed by atoms with Gasteiger partial charge in [0, 0.05) is 36.6 Å². The Hall–Kier alpha value is -2.87. The van der Waals surface area contributed by atoms with Gasteiger partial charge in [0.05, 0.1) is 0 Å². The molecule has 1 aliphatic rings. The Morgan fingerprint density at radius 2 is 1.83 bits per heavy atom. The molecule has 29 heavy (non-hydrogen) atoms. The van der Waals surface area contributed by atoms with Crippen LogP contribution in [0.4, 0.5) is 10.4 Å². The molecule has 1 aliphatic heterocycles. The number of rotatable bonds is 6. The first kappa shape index (κ1) is 19.4. The first-order chi connectivity index (χ1) is 14.2. The largest absolute Gasteiger partial charge is 0.406 e. The van der Waals surface area contributed by atoms with Crippen molar-refractivity contribution in [3.8, 4) is 0 Å². The molecule has 0 saturated carbocycles. The topological polar surface area (TPSA) is 71.3 Å². The van der Waals surface area contributed by atoms with Crippen molar-refractivity contribution in [2.24, 2.45) is 0 Å². The van der Waals surface area contributed by atoms with E-state index in [1.165, 1.54) is 24.3 Å². The fourth-order valence-electron chi connectivity index (χ4n) is 3.14. The molecule has 2 heterocycles. The summed E-state index contributed by atoms with van der Waals surface area (Å²) in [6.45, 7) is 1.72. The van der Waals surface area contributed by atoms with Crippen LogP contribution in [0.2, 0.25) is 0 Å². The van der Waals surface area contributed by atoms with Crippen LogP contribution in [-0.4, -0.2) is 40.7 Å². The quantitative estimate of drug-likeness (QED) is 0.668.